The minimum atomic E-state index is 0.129. The molecule has 21 heavy (non-hydrogen) atoms. The molecule has 1 saturated carbocycles. The molecule has 1 aliphatic heterocycles. The Bertz CT molecular complexity index is 532. The minimum absolute atomic E-state index is 0.129. The molecule has 0 aromatic heterocycles. The van der Waals surface area contributed by atoms with Crippen LogP contribution in [0, 0.1) is 11.8 Å². The van der Waals surface area contributed by atoms with Crippen molar-refractivity contribution in [2.24, 2.45) is 11.8 Å². The van der Waals surface area contributed by atoms with Crippen molar-refractivity contribution in [1.82, 2.24) is 4.90 Å². The Balaban J connectivity index is 1.76. The number of benzene rings is 1. The van der Waals surface area contributed by atoms with Crippen molar-refractivity contribution >= 4 is 21.8 Å². The molecule has 1 aromatic carbocycles. The van der Waals surface area contributed by atoms with Crippen molar-refractivity contribution < 1.29 is 9.53 Å². The van der Waals surface area contributed by atoms with Crippen molar-refractivity contribution in [3.05, 3.63) is 28.2 Å². The molecule has 0 radical (unpaired) electrons. The van der Waals surface area contributed by atoms with Gasteiger partial charge in [-0.1, -0.05) is 19.3 Å². The number of carbonyl (C=O) groups is 1. The summed E-state index contributed by atoms with van der Waals surface area (Å²) < 4.78 is 6.09. The van der Waals surface area contributed by atoms with Gasteiger partial charge in [0.2, 0.25) is 0 Å². The fraction of sp³-hybridized carbons (Fsp3) is 0.588. The highest BCUT2D eigenvalue weighted by molar-refractivity contribution is 9.10. The predicted octanol–water partition coefficient (Wildman–Crippen LogP) is 4.11. The first-order chi connectivity index (χ1) is 10.2. The number of nitrogens with zero attached hydrogens (tertiary/aromatic N) is 1. The molecule has 4 heteroatoms. The van der Waals surface area contributed by atoms with Crippen LogP contribution in [0.1, 0.15) is 42.5 Å². The Labute approximate surface area is 134 Å². The molecule has 2 fully saturated rings. The molecule has 0 bridgehead atoms. The Kier molecular flexibility index (Phi) is 4.53. The van der Waals surface area contributed by atoms with Gasteiger partial charge in [0, 0.05) is 17.6 Å². The first-order valence-corrected chi connectivity index (χ1v) is 8.61. The largest absolute Gasteiger partial charge is 0.497 e. The monoisotopic (exact) mass is 351 g/mol. The molecular formula is C17H22BrNO2. The van der Waals surface area contributed by atoms with Gasteiger partial charge in [0.1, 0.15) is 5.75 Å². The number of carbonyl (C=O) groups excluding carboxylic acids is 1. The molecule has 114 valence electrons. The molecule has 1 heterocycles. The molecule has 1 saturated heterocycles. The molecule has 1 aromatic rings. The quantitative estimate of drug-likeness (QED) is 0.802. The van der Waals surface area contributed by atoms with Gasteiger partial charge in [-0.05, 0) is 58.8 Å². The van der Waals surface area contributed by atoms with E-state index < -0.39 is 0 Å². The third-order valence-electron chi connectivity index (χ3n) is 4.98. The molecule has 0 N–H and O–H groups in total. The molecule has 1 amide bonds. The molecule has 0 spiro atoms. The SMILES string of the molecule is COc1ccc(Br)c(C(=O)N2CCC3CCCCC3C2)c1. The van der Waals surface area contributed by atoms with Gasteiger partial charge in [-0.3, -0.25) is 4.79 Å². The summed E-state index contributed by atoms with van der Waals surface area (Å²) in [6.07, 6.45) is 6.50. The van der Waals surface area contributed by atoms with Gasteiger partial charge in [-0.2, -0.15) is 0 Å². The van der Waals surface area contributed by atoms with Gasteiger partial charge in [-0.15, -0.1) is 0 Å². The van der Waals surface area contributed by atoms with E-state index in [1.807, 2.05) is 23.1 Å². The second-order valence-electron chi connectivity index (χ2n) is 6.19. The fourth-order valence-electron chi connectivity index (χ4n) is 3.75. The lowest BCUT2D eigenvalue weighted by Gasteiger charge is -2.41. The zero-order valence-electron chi connectivity index (χ0n) is 12.5. The van der Waals surface area contributed by atoms with Crippen LogP contribution >= 0.6 is 15.9 Å². The summed E-state index contributed by atoms with van der Waals surface area (Å²) in [7, 11) is 1.63. The third-order valence-corrected chi connectivity index (χ3v) is 5.67. The van der Waals surface area contributed by atoms with Crippen LogP contribution in [-0.2, 0) is 0 Å². The Morgan fingerprint density at radius 2 is 2.00 bits per heavy atom. The number of halogens is 1. The molecule has 2 aliphatic rings. The van der Waals surface area contributed by atoms with E-state index in [2.05, 4.69) is 15.9 Å². The number of likely N-dealkylation sites (tertiary alicyclic amines) is 1. The van der Waals surface area contributed by atoms with Crippen LogP contribution < -0.4 is 4.74 Å². The van der Waals surface area contributed by atoms with Crippen molar-refractivity contribution in [2.75, 3.05) is 20.2 Å². The smallest absolute Gasteiger partial charge is 0.255 e. The van der Waals surface area contributed by atoms with E-state index in [0.717, 1.165) is 35.7 Å². The maximum atomic E-state index is 12.8. The molecule has 3 rings (SSSR count). The van der Waals surface area contributed by atoms with Crippen molar-refractivity contribution in [2.45, 2.75) is 32.1 Å². The summed E-state index contributed by atoms with van der Waals surface area (Å²) in [5, 5.41) is 0. The molecular weight excluding hydrogens is 330 g/mol. The topological polar surface area (TPSA) is 29.5 Å². The Hall–Kier alpha value is -1.03. The number of piperidine rings is 1. The van der Waals surface area contributed by atoms with Crippen LogP contribution in [0.4, 0.5) is 0 Å². The maximum absolute atomic E-state index is 12.8. The highest BCUT2D eigenvalue weighted by Crippen LogP contribution is 2.37. The van der Waals surface area contributed by atoms with Crippen LogP contribution in [-0.4, -0.2) is 31.0 Å². The number of amides is 1. The summed E-state index contributed by atoms with van der Waals surface area (Å²) in [6, 6.07) is 5.59. The number of methoxy groups -OCH3 is 1. The molecule has 3 nitrogen and oxygen atoms in total. The van der Waals surface area contributed by atoms with Crippen molar-refractivity contribution in [1.29, 1.82) is 0 Å². The Morgan fingerprint density at radius 3 is 2.76 bits per heavy atom. The number of hydrogen-bond acceptors (Lipinski definition) is 2. The zero-order valence-corrected chi connectivity index (χ0v) is 14.1. The molecule has 1 aliphatic carbocycles. The van der Waals surface area contributed by atoms with Crippen LogP contribution in [0.3, 0.4) is 0 Å². The predicted molar refractivity (Wildman–Crippen MR) is 86.7 cm³/mol. The van der Waals surface area contributed by atoms with E-state index in [1.165, 1.54) is 25.7 Å². The van der Waals surface area contributed by atoms with Crippen LogP contribution in [0.2, 0.25) is 0 Å². The number of hydrogen-bond donors (Lipinski definition) is 0. The Morgan fingerprint density at radius 1 is 1.24 bits per heavy atom. The minimum Gasteiger partial charge on any atom is -0.497 e. The first kappa shape index (κ1) is 14.9. The molecule has 2 unspecified atom stereocenters. The first-order valence-electron chi connectivity index (χ1n) is 7.82. The summed E-state index contributed by atoms with van der Waals surface area (Å²) in [5.74, 6) is 2.41. The average Bonchev–Trinajstić information content (AvgIpc) is 2.54. The zero-order chi connectivity index (χ0) is 14.8. The van der Waals surface area contributed by atoms with E-state index in [1.54, 1.807) is 7.11 Å². The van der Waals surface area contributed by atoms with E-state index in [9.17, 15) is 4.79 Å². The lowest BCUT2D eigenvalue weighted by Crippen LogP contribution is -2.44. The van der Waals surface area contributed by atoms with E-state index >= 15 is 0 Å². The third kappa shape index (κ3) is 3.10. The lowest BCUT2D eigenvalue weighted by atomic mass is 9.75. The van der Waals surface area contributed by atoms with E-state index in [4.69, 9.17) is 4.74 Å². The van der Waals surface area contributed by atoms with Crippen LogP contribution in [0.5, 0.6) is 5.75 Å². The van der Waals surface area contributed by atoms with E-state index in [0.29, 0.717) is 11.5 Å². The van der Waals surface area contributed by atoms with Crippen molar-refractivity contribution in [3.63, 3.8) is 0 Å². The van der Waals surface area contributed by atoms with E-state index in [-0.39, 0.29) is 5.91 Å². The fourth-order valence-corrected chi connectivity index (χ4v) is 4.17. The number of ether oxygens (including phenoxy) is 1. The van der Waals surface area contributed by atoms with Crippen LogP contribution in [0.25, 0.3) is 0 Å². The van der Waals surface area contributed by atoms with Gasteiger partial charge >= 0.3 is 0 Å². The maximum Gasteiger partial charge on any atom is 0.255 e. The number of rotatable bonds is 2. The number of fused-ring (bicyclic) bond motifs is 1. The summed E-state index contributed by atoms with van der Waals surface area (Å²) in [5.41, 5.74) is 0.712. The normalized spacial score (nSPS) is 25.3. The van der Waals surface area contributed by atoms with Gasteiger partial charge in [0.05, 0.1) is 12.7 Å². The van der Waals surface area contributed by atoms with Gasteiger partial charge in [-0.25, -0.2) is 0 Å². The van der Waals surface area contributed by atoms with Gasteiger partial charge < -0.3 is 9.64 Å². The van der Waals surface area contributed by atoms with Gasteiger partial charge in [0.25, 0.3) is 5.91 Å². The molecule has 2 atom stereocenters. The summed E-state index contributed by atoms with van der Waals surface area (Å²) in [4.78, 5) is 14.8. The standard InChI is InChI=1S/C17H22BrNO2/c1-21-14-6-7-16(18)15(10-14)17(20)19-9-8-12-4-2-3-5-13(12)11-19/h6-7,10,12-13H,2-5,8-9,11H2,1H3. The van der Waals surface area contributed by atoms with Crippen molar-refractivity contribution in [3.8, 4) is 5.75 Å². The summed E-state index contributed by atoms with van der Waals surface area (Å²) >= 11 is 3.49. The van der Waals surface area contributed by atoms with Gasteiger partial charge in [0.15, 0.2) is 0 Å². The highest BCUT2D eigenvalue weighted by Gasteiger charge is 2.33. The average molecular weight is 352 g/mol. The lowest BCUT2D eigenvalue weighted by molar-refractivity contribution is 0.0520. The summed E-state index contributed by atoms with van der Waals surface area (Å²) in [6.45, 7) is 1.82. The second-order valence-corrected chi connectivity index (χ2v) is 7.04. The van der Waals surface area contributed by atoms with Crippen LogP contribution in [0.15, 0.2) is 22.7 Å². The highest BCUT2D eigenvalue weighted by atomic mass is 79.9. The second kappa shape index (κ2) is 6.39.